The van der Waals surface area contributed by atoms with E-state index in [1.807, 2.05) is 24.3 Å². The number of nitrogens with one attached hydrogen (secondary N) is 1. The van der Waals surface area contributed by atoms with Crippen LogP contribution in [-0.2, 0) is 11.2 Å². The number of carbonyl (C=O) groups excluding carboxylic acids is 1. The van der Waals surface area contributed by atoms with E-state index < -0.39 is 0 Å². The summed E-state index contributed by atoms with van der Waals surface area (Å²) in [6.45, 7) is 3.69. The monoisotopic (exact) mass is 502 g/mol. The van der Waals surface area contributed by atoms with Crippen LogP contribution in [0.4, 0.5) is 0 Å². The first kappa shape index (κ1) is 24.7. The Morgan fingerprint density at radius 2 is 1.94 bits per heavy atom. The first-order valence-corrected chi connectivity index (χ1v) is 13.7. The fourth-order valence-corrected chi connectivity index (χ4v) is 5.68. The van der Waals surface area contributed by atoms with Crippen molar-refractivity contribution in [1.29, 1.82) is 0 Å². The van der Waals surface area contributed by atoms with Crippen molar-refractivity contribution in [2.45, 2.75) is 31.7 Å². The Morgan fingerprint density at radius 3 is 2.67 bits per heavy atom. The third kappa shape index (κ3) is 5.69. The van der Waals surface area contributed by atoms with Gasteiger partial charge in [-0.05, 0) is 111 Å². The molecule has 0 spiro atoms. The summed E-state index contributed by atoms with van der Waals surface area (Å²) < 4.78 is 5.88. The Morgan fingerprint density at radius 1 is 1.14 bits per heavy atom. The fraction of sp³-hybridized carbons (Fsp3) is 0.379. The molecular weight excluding hydrogens is 468 g/mol. The van der Waals surface area contributed by atoms with Crippen molar-refractivity contribution in [2.75, 3.05) is 40.3 Å². The largest absolute Gasteiger partial charge is 0.494 e. The second-order valence-electron chi connectivity index (χ2n) is 9.83. The average molecular weight is 503 g/mol. The number of Topliss-reactive ketones (excluding diaryl/α,β-unsaturated/α-hetero) is 1. The van der Waals surface area contributed by atoms with Crippen molar-refractivity contribution in [1.82, 2.24) is 20.0 Å². The minimum absolute atomic E-state index is 0.150. The average Bonchev–Trinajstić information content (AvgIpc) is 3.65. The number of aromatic nitrogens is 2. The van der Waals surface area contributed by atoms with Gasteiger partial charge >= 0.3 is 0 Å². The Kier molecular flexibility index (Phi) is 7.80. The van der Waals surface area contributed by atoms with E-state index >= 15 is 0 Å². The van der Waals surface area contributed by atoms with Crippen molar-refractivity contribution in [2.24, 2.45) is 0 Å². The van der Waals surface area contributed by atoms with Crippen molar-refractivity contribution < 1.29 is 9.53 Å². The number of hydrogen-bond acceptors (Lipinski definition) is 6. The number of rotatable bonds is 11. The highest BCUT2D eigenvalue weighted by molar-refractivity contribution is 7.08. The number of fused-ring (bicyclic) bond motifs is 1. The molecule has 1 N–H and O–H groups in total. The van der Waals surface area contributed by atoms with E-state index in [4.69, 9.17) is 4.74 Å². The number of H-pyrrole nitrogens is 1. The van der Waals surface area contributed by atoms with E-state index in [-0.39, 0.29) is 11.8 Å². The highest BCUT2D eigenvalue weighted by Gasteiger charge is 2.29. The molecule has 1 atom stereocenters. The molecular formula is C29H34N4O2S. The lowest BCUT2D eigenvalue weighted by Crippen LogP contribution is -2.32. The summed E-state index contributed by atoms with van der Waals surface area (Å²) in [5.74, 6) is 1.13. The van der Waals surface area contributed by atoms with Gasteiger partial charge < -0.3 is 9.64 Å². The molecule has 188 valence electrons. The van der Waals surface area contributed by atoms with Crippen LogP contribution in [0.1, 0.15) is 36.4 Å². The van der Waals surface area contributed by atoms with Gasteiger partial charge in [-0.15, -0.1) is 0 Å². The highest BCUT2D eigenvalue weighted by Crippen LogP contribution is 2.31. The van der Waals surface area contributed by atoms with Gasteiger partial charge in [0.05, 0.1) is 23.9 Å². The van der Waals surface area contributed by atoms with Crippen LogP contribution in [0, 0.1) is 0 Å². The molecule has 3 heterocycles. The molecule has 4 aromatic rings. The molecule has 0 aliphatic carbocycles. The molecule has 1 aliphatic heterocycles. The van der Waals surface area contributed by atoms with E-state index in [0.29, 0.717) is 13.0 Å². The second kappa shape index (κ2) is 11.4. The number of thiophene rings is 1. The summed E-state index contributed by atoms with van der Waals surface area (Å²) in [6, 6.07) is 16.2. The molecule has 1 aliphatic rings. The summed E-state index contributed by atoms with van der Waals surface area (Å²) in [5, 5.41) is 13.0. The standard InChI is InChI=1S/C29H34N4O2S/c1-32(2)13-5-16-35-24-9-7-22(8-10-24)28-25-18-21(6-11-26(25)30-31-28)19-27(34)29(23-12-17-36-20-23)33-14-3-4-15-33/h6-12,17-18,20,29H,3-5,13-16,19H2,1-2H3,(H,30,31). The van der Waals surface area contributed by atoms with E-state index in [1.54, 1.807) is 11.3 Å². The SMILES string of the molecule is CN(C)CCCOc1ccc(-c2n[nH]c3ccc(CC(=O)C(c4ccsc4)N4CCCC4)cc23)cc1. The lowest BCUT2D eigenvalue weighted by Gasteiger charge is -2.26. The van der Waals surface area contributed by atoms with Gasteiger partial charge in [-0.1, -0.05) is 6.07 Å². The molecule has 2 aromatic heterocycles. The van der Waals surface area contributed by atoms with Crippen LogP contribution in [-0.4, -0.2) is 66.1 Å². The number of ketones is 1. The molecule has 36 heavy (non-hydrogen) atoms. The molecule has 0 amide bonds. The van der Waals surface area contributed by atoms with E-state index in [1.165, 1.54) is 0 Å². The molecule has 1 fully saturated rings. The number of nitrogens with zero attached hydrogens (tertiary/aromatic N) is 3. The summed E-state index contributed by atoms with van der Waals surface area (Å²) in [6.07, 6.45) is 3.74. The van der Waals surface area contributed by atoms with Gasteiger partial charge in [-0.3, -0.25) is 14.8 Å². The van der Waals surface area contributed by atoms with Crippen LogP contribution < -0.4 is 4.74 Å². The molecule has 1 saturated heterocycles. The van der Waals surface area contributed by atoms with Gasteiger partial charge in [0.15, 0.2) is 5.78 Å². The maximum Gasteiger partial charge on any atom is 0.158 e. The Labute approximate surface area is 216 Å². The van der Waals surface area contributed by atoms with E-state index in [0.717, 1.165) is 77.9 Å². The van der Waals surface area contributed by atoms with Crippen molar-refractivity contribution in [3.05, 3.63) is 70.4 Å². The number of aromatic amines is 1. The zero-order chi connectivity index (χ0) is 24.9. The molecule has 7 heteroatoms. The lowest BCUT2D eigenvalue weighted by molar-refractivity contribution is -0.123. The number of carbonyl (C=O) groups is 1. The van der Waals surface area contributed by atoms with Gasteiger partial charge in [-0.2, -0.15) is 16.4 Å². The number of hydrogen-bond donors (Lipinski definition) is 1. The van der Waals surface area contributed by atoms with Crippen LogP contribution in [0.5, 0.6) is 5.75 Å². The Bertz CT molecular complexity index is 1270. The summed E-state index contributed by atoms with van der Waals surface area (Å²) >= 11 is 1.66. The predicted octanol–water partition coefficient (Wildman–Crippen LogP) is 5.57. The van der Waals surface area contributed by atoms with Crippen molar-refractivity contribution in [3.8, 4) is 17.0 Å². The number of likely N-dealkylation sites (tertiary alicyclic amines) is 1. The van der Waals surface area contributed by atoms with Crippen LogP contribution in [0.15, 0.2) is 59.3 Å². The van der Waals surface area contributed by atoms with Crippen LogP contribution in [0.2, 0.25) is 0 Å². The molecule has 0 bridgehead atoms. The maximum atomic E-state index is 13.5. The van der Waals surface area contributed by atoms with Crippen molar-refractivity contribution in [3.63, 3.8) is 0 Å². The summed E-state index contributed by atoms with van der Waals surface area (Å²) in [7, 11) is 4.14. The molecule has 2 aromatic carbocycles. The molecule has 1 unspecified atom stereocenters. The minimum atomic E-state index is -0.150. The van der Waals surface area contributed by atoms with Gasteiger partial charge in [0.25, 0.3) is 0 Å². The Balaban J connectivity index is 1.32. The van der Waals surface area contributed by atoms with Crippen LogP contribution in [0.25, 0.3) is 22.2 Å². The molecule has 6 nitrogen and oxygen atoms in total. The maximum absolute atomic E-state index is 13.5. The van der Waals surface area contributed by atoms with Gasteiger partial charge in [-0.25, -0.2) is 0 Å². The zero-order valence-corrected chi connectivity index (χ0v) is 21.9. The summed E-state index contributed by atoms with van der Waals surface area (Å²) in [4.78, 5) is 18.0. The van der Waals surface area contributed by atoms with Gasteiger partial charge in [0.2, 0.25) is 0 Å². The number of ether oxygens (including phenoxy) is 1. The Hall–Kier alpha value is -3.00. The minimum Gasteiger partial charge on any atom is -0.494 e. The third-order valence-electron chi connectivity index (χ3n) is 6.82. The predicted molar refractivity (Wildman–Crippen MR) is 147 cm³/mol. The number of benzene rings is 2. The first-order chi connectivity index (χ1) is 17.6. The van der Waals surface area contributed by atoms with E-state index in [2.05, 4.69) is 69.1 Å². The van der Waals surface area contributed by atoms with Crippen LogP contribution >= 0.6 is 11.3 Å². The quantitative estimate of drug-likeness (QED) is 0.272. The molecule has 0 radical (unpaired) electrons. The smallest absolute Gasteiger partial charge is 0.158 e. The van der Waals surface area contributed by atoms with E-state index in [9.17, 15) is 4.79 Å². The topological polar surface area (TPSA) is 61.5 Å². The normalized spacial score (nSPS) is 15.1. The molecule has 5 rings (SSSR count). The molecule has 0 saturated carbocycles. The highest BCUT2D eigenvalue weighted by atomic mass is 32.1. The third-order valence-corrected chi connectivity index (χ3v) is 7.52. The van der Waals surface area contributed by atoms with Crippen LogP contribution in [0.3, 0.4) is 0 Å². The van der Waals surface area contributed by atoms with Gasteiger partial charge in [0.1, 0.15) is 5.75 Å². The van der Waals surface area contributed by atoms with Crippen molar-refractivity contribution >= 4 is 28.0 Å². The summed E-state index contributed by atoms with van der Waals surface area (Å²) in [5.41, 5.74) is 5.04. The first-order valence-electron chi connectivity index (χ1n) is 12.7. The zero-order valence-electron chi connectivity index (χ0n) is 21.1. The fourth-order valence-electron chi connectivity index (χ4n) is 5.00. The second-order valence-corrected chi connectivity index (χ2v) is 10.6. The van der Waals surface area contributed by atoms with Gasteiger partial charge in [0, 0.05) is 23.9 Å². The lowest BCUT2D eigenvalue weighted by atomic mass is 9.97.